The van der Waals surface area contributed by atoms with Crippen LogP contribution >= 0.6 is 0 Å². The van der Waals surface area contributed by atoms with Gasteiger partial charge in [-0.2, -0.15) is 0 Å². The first kappa shape index (κ1) is 9.53. The monoisotopic (exact) mass is 190 g/mol. The van der Waals surface area contributed by atoms with Gasteiger partial charge in [0.2, 0.25) is 0 Å². The van der Waals surface area contributed by atoms with Crippen LogP contribution < -0.4 is 10.6 Å². The first-order chi connectivity index (χ1) is 6.85. The van der Waals surface area contributed by atoms with E-state index in [0.717, 1.165) is 26.1 Å². The van der Waals surface area contributed by atoms with Crippen molar-refractivity contribution in [1.29, 1.82) is 0 Å². The van der Waals surface area contributed by atoms with Crippen molar-refractivity contribution in [3.05, 3.63) is 29.8 Å². The molecule has 0 fully saturated rings. The summed E-state index contributed by atoms with van der Waals surface area (Å²) in [5.41, 5.74) is 8.61. The molecule has 1 aliphatic heterocycles. The fourth-order valence-corrected chi connectivity index (χ4v) is 2.23. The summed E-state index contributed by atoms with van der Waals surface area (Å²) in [5.74, 6) is 0.629. The summed E-state index contributed by atoms with van der Waals surface area (Å²) in [7, 11) is 0. The lowest BCUT2D eigenvalue weighted by Gasteiger charge is -2.35. The van der Waals surface area contributed by atoms with E-state index in [4.69, 9.17) is 5.73 Å². The van der Waals surface area contributed by atoms with Crippen LogP contribution in [0.15, 0.2) is 24.3 Å². The number of rotatable bonds is 2. The van der Waals surface area contributed by atoms with Crippen molar-refractivity contribution >= 4 is 5.69 Å². The minimum absolute atomic E-state index is 0.629. The van der Waals surface area contributed by atoms with Gasteiger partial charge in [-0.3, -0.25) is 0 Å². The minimum atomic E-state index is 0.629. The van der Waals surface area contributed by atoms with Crippen LogP contribution in [-0.2, 0) is 6.42 Å². The molecule has 0 bridgehead atoms. The van der Waals surface area contributed by atoms with Crippen LogP contribution in [0.1, 0.15) is 12.5 Å². The van der Waals surface area contributed by atoms with Crippen LogP contribution in [0.3, 0.4) is 0 Å². The van der Waals surface area contributed by atoms with Gasteiger partial charge in [0.1, 0.15) is 0 Å². The van der Waals surface area contributed by atoms with Crippen molar-refractivity contribution in [2.75, 3.05) is 24.5 Å². The summed E-state index contributed by atoms with van der Waals surface area (Å²) in [6.45, 7) is 5.19. The summed E-state index contributed by atoms with van der Waals surface area (Å²) in [5, 5.41) is 0. The van der Waals surface area contributed by atoms with Gasteiger partial charge in [0.25, 0.3) is 0 Å². The van der Waals surface area contributed by atoms with E-state index in [1.54, 1.807) is 0 Å². The summed E-state index contributed by atoms with van der Waals surface area (Å²) in [6.07, 6.45) is 1.14. The first-order valence-electron chi connectivity index (χ1n) is 5.38. The van der Waals surface area contributed by atoms with Gasteiger partial charge < -0.3 is 10.6 Å². The van der Waals surface area contributed by atoms with Gasteiger partial charge in [0.15, 0.2) is 0 Å². The normalized spacial score (nSPS) is 20.7. The predicted octanol–water partition coefficient (Wildman–Crippen LogP) is 1.64. The third-order valence-electron chi connectivity index (χ3n) is 3.03. The number of benzene rings is 1. The molecule has 14 heavy (non-hydrogen) atoms. The quantitative estimate of drug-likeness (QED) is 0.768. The lowest BCUT2D eigenvalue weighted by molar-refractivity contribution is 0.503. The molecule has 1 atom stereocenters. The molecule has 0 radical (unpaired) electrons. The molecule has 1 heterocycles. The third-order valence-corrected chi connectivity index (χ3v) is 3.03. The molecule has 1 aromatic carbocycles. The Morgan fingerprint density at radius 2 is 2.21 bits per heavy atom. The summed E-state index contributed by atoms with van der Waals surface area (Å²) in [4.78, 5) is 2.43. The van der Waals surface area contributed by atoms with Gasteiger partial charge in [-0.25, -0.2) is 0 Å². The van der Waals surface area contributed by atoms with Gasteiger partial charge in [-0.1, -0.05) is 18.2 Å². The van der Waals surface area contributed by atoms with E-state index in [1.165, 1.54) is 11.3 Å². The highest BCUT2D eigenvalue weighted by molar-refractivity contribution is 5.55. The van der Waals surface area contributed by atoms with E-state index in [2.05, 4.69) is 36.1 Å². The second-order valence-corrected chi connectivity index (χ2v) is 3.97. The zero-order valence-electron chi connectivity index (χ0n) is 8.74. The van der Waals surface area contributed by atoms with Crippen LogP contribution in [-0.4, -0.2) is 19.6 Å². The third kappa shape index (κ3) is 1.62. The molecule has 2 rings (SSSR count). The van der Waals surface area contributed by atoms with Crippen molar-refractivity contribution in [1.82, 2.24) is 0 Å². The largest absolute Gasteiger partial charge is 0.371 e. The highest BCUT2D eigenvalue weighted by Gasteiger charge is 2.21. The first-order valence-corrected chi connectivity index (χ1v) is 5.38. The van der Waals surface area contributed by atoms with E-state index in [-0.39, 0.29) is 0 Å². The number of hydrogen-bond donors (Lipinski definition) is 1. The van der Waals surface area contributed by atoms with Crippen molar-refractivity contribution in [2.45, 2.75) is 13.3 Å². The zero-order valence-corrected chi connectivity index (χ0v) is 8.74. The number of anilines is 1. The Labute approximate surface area is 85.7 Å². The van der Waals surface area contributed by atoms with E-state index in [0.29, 0.717) is 5.92 Å². The SMILES string of the molecule is CCN1C[C@@H](CN)Cc2ccccc21. The Morgan fingerprint density at radius 3 is 2.93 bits per heavy atom. The van der Waals surface area contributed by atoms with Crippen LogP contribution in [0.2, 0.25) is 0 Å². The lowest BCUT2D eigenvalue weighted by atomic mass is 9.92. The molecule has 2 N–H and O–H groups in total. The summed E-state index contributed by atoms with van der Waals surface area (Å²) >= 11 is 0. The molecule has 2 nitrogen and oxygen atoms in total. The second kappa shape index (κ2) is 4.01. The molecule has 0 unspecified atom stereocenters. The fourth-order valence-electron chi connectivity index (χ4n) is 2.23. The molecule has 0 aliphatic carbocycles. The summed E-state index contributed by atoms with van der Waals surface area (Å²) < 4.78 is 0. The molecule has 0 saturated heterocycles. The van der Waals surface area contributed by atoms with E-state index in [1.807, 2.05) is 0 Å². The topological polar surface area (TPSA) is 29.3 Å². The second-order valence-electron chi connectivity index (χ2n) is 3.97. The van der Waals surface area contributed by atoms with Crippen molar-refractivity contribution in [3.63, 3.8) is 0 Å². The molecule has 0 saturated carbocycles. The molecular formula is C12H18N2. The van der Waals surface area contributed by atoms with Gasteiger partial charge in [-0.15, -0.1) is 0 Å². The number of para-hydroxylation sites is 1. The fraction of sp³-hybridized carbons (Fsp3) is 0.500. The van der Waals surface area contributed by atoms with Crippen LogP contribution in [0.25, 0.3) is 0 Å². The number of hydrogen-bond acceptors (Lipinski definition) is 2. The van der Waals surface area contributed by atoms with Gasteiger partial charge in [0.05, 0.1) is 0 Å². The van der Waals surface area contributed by atoms with E-state index < -0.39 is 0 Å². The smallest absolute Gasteiger partial charge is 0.0398 e. The standard InChI is InChI=1S/C12H18N2/c1-2-14-9-10(8-13)7-11-5-3-4-6-12(11)14/h3-6,10H,2,7-9,13H2,1H3/t10-/m1/s1. The lowest BCUT2D eigenvalue weighted by Crippen LogP contribution is -2.38. The highest BCUT2D eigenvalue weighted by Crippen LogP contribution is 2.28. The Bertz CT molecular complexity index is 309. The van der Waals surface area contributed by atoms with Crippen LogP contribution in [0.5, 0.6) is 0 Å². The van der Waals surface area contributed by atoms with Crippen LogP contribution in [0.4, 0.5) is 5.69 Å². The minimum Gasteiger partial charge on any atom is -0.371 e. The zero-order chi connectivity index (χ0) is 9.97. The Balaban J connectivity index is 2.31. The summed E-state index contributed by atoms with van der Waals surface area (Å²) in [6, 6.07) is 8.67. The number of nitrogens with zero attached hydrogens (tertiary/aromatic N) is 1. The Morgan fingerprint density at radius 1 is 1.43 bits per heavy atom. The number of nitrogens with two attached hydrogens (primary N) is 1. The Hall–Kier alpha value is -1.02. The van der Waals surface area contributed by atoms with Crippen molar-refractivity contribution in [2.24, 2.45) is 11.7 Å². The predicted molar refractivity (Wildman–Crippen MR) is 60.6 cm³/mol. The highest BCUT2D eigenvalue weighted by atomic mass is 15.1. The molecule has 1 aromatic rings. The molecule has 0 amide bonds. The van der Waals surface area contributed by atoms with Gasteiger partial charge in [0, 0.05) is 18.8 Å². The van der Waals surface area contributed by atoms with Crippen LogP contribution in [0, 0.1) is 5.92 Å². The molecule has 0 aromatic heterocycles. The molecule has 76 valence electrons. The molecule has 2 heteroatoms. The van der Waals surface area contributed by atoms with E-state index >= 15 is 0 Å². The maximum atomic E-state index is 5.75. The van der Waals surface area contributed by atoms with E-state index in [9.17, 15) is 0 Å². The average molecular weight is 190 g/mol. The molecular weight excluding hydrogens is 172 g/mol. The van der Waals surface area contributed by atoms with Gasteiger partial charge in [-0.05, 0) is 37.4 Å². The number of fused-ring (bicyclic) bond motifs is 1. The molecule has 1 aliphatic rings. The van der Waals surface area contributed by atoms with Crippen molar-refractivity contribution in [3.8, 4) is 0 Å². The Kier molecular flexibility index (Phi) is 2.73. The average Bonchev–Trinajstić information content (AvgIpc) is 2.27. The maximum absolute atomic E-state index is 5.75. The molecule has 0 spiro atoms. The van der Waals surface area contributed by atoms with Gasteiger partial charge >= 0.3 is 0 Å². The maximum Gasteiger partial charge on any atom is 0.0398 e. The van der Waals surface area contributed by atoms with Crippen molar-refractivity contribution < 1.29 is 0 Å².